The molecule has 0 unspecified atom stereocenters. The van der Waals surface area contributed by atoms with E-state index in [4.69, 9.17) is 10.5 Å². The molecule has 0 atom stereocenters. The van der Waals surface area contributed by atoms with Gasteiger partial charge in [-0.15, -0.1) is 0 Å². The highest BCUT2D eigenvalue weighted by atomic mass is 19.1. The molecule has 1 aliphatic rings. The Morgan fingerprint density at radius 1 is 1.53 bits per heavy atom. The quantitative estimate of drug-likeness (QED) is 0.802. The maximum atomic E-state index is 13.5. The number of rotatable bonds is 5. The summed E-state index contributed by atoms with van der Waals surface area (Å²) in [6.45, 7) is 0.120. The van der Waals surface area contributed by atoms with Crippen molar-refractivity contribution in [3.8, 4) is 5.75 Å². The summed E-state index contributed by atoms with van der Waals surface area (Å²) >= 11 is 0. The average Bonchev–Trinajstić information content (AvgIpc) is 3.11. The molecule has 1 fully saturated rings. The number of amides is 1. The molecule has 0 radical (unpaired) electrons. The van der Waals surface area contributed by atoms with Gasteiger partial charge in [0.1, 0.15) is 0 Å². The van der Waals surface area contributed by atoms with Gasteiger partial charge in [0.05, 0.1) is 0 Å². The zero-order valence-electron chi connectivity index (χ0n) is 9.41. The lowest BCUT2D eigenvalue weighted by Crippen LogP contribution is -2.30. The second kappa shape index (κ2) is 5.14. The van der Waals surface area contributed by atoms with Gasteiger partial charge >= 0.3 is 0 Å². The van der Waals surface area contributed by atoms with E-state index in [1.165, 1.54) is 12.1 Å². The summed E-state index contributed by atoms with van der Waals surface area (Å²) in [7, 11) is 0. The van der Waals surface area contributed by atoms with E-state index in [1.807, 2.05) is 0 Å². The average molecular weight is 238 g/mol. The fourth-order valence-electron chi connectivity index (χ4n) is 1.43. The van der Waals surface area contributed by atoms with Gasteiger partial charge in [0, 0.05) is 12.6 Å². The molecule has 0 saturated heterocycles. The van der Waals surface area contributed by atoms with E-state index in [9.17, 15) is 9.18 Å². The maximum absolute atomic E-state index is 13.5. The molecule has 17 heavy (non-hydrogen) atoms. The fourth-order valence-corrected chi connectivity index (χ4v) is 1.43. The number of benzene rings is 1. The third-order valence-corrected chi connectivity index (χ3v) is 2.53. The summed E-state index contributed by atoms with van der Waals surface area (Å²) in [5.41, 5.74) is 6.07. The van der Waals surface area contributed by atoms with Crippen molar-refractivity contribution < 1.29 is 13.9 Å². The Hall–Kier alpha value is -1.62. The SMILES string of the molecule is NCc1ccc(OCC(=O)NC2CC2)c(F)c1. The molecule has 2 rings (SSSR count). The Balaban J connectivity index is 1.87. The second-order valence-corrected chi connectivity index (χ2v) is 4.10. The molecule has 1 saturated carbocycles. The lowest BCUT2D eigenvalue weighted by molar-refractivity contribution is -0.123. The topological polar surface area (TPSA) is 64.3 Å². The molecule has 0 heterocycles. The first-order chi connectivity index (χ1) is 8.19. The summed E-state index contributed by atoms with van der Waals surface area (Å²) in [6, 6.07) is 4.77. The first-order valence-corrected chi connectivity index (χ1v) is 5.59. The maximum Gasteiger partial charge on any atom is 0.258 e. The minimum Gasteiger partial charge on any atom is -0.481 e. The Labute approximate surface area is 98.9 Å². The van der Waals surface area contributed by atoms with Crippen molar-refractivity contribution in [2.24, 2.45) is 5.73 Å². The van der Waals surface area contributed by atoms with Gasteiger partial charge in [0.15, 0.2) is 18.2 Å². The van der Waals surface area contributed by atoms with E-state index in [1.54, 1.807) is 6.07 Å². The fraction of sp³-hybridized carbons (Fsp3) is 0.417. The predicted molar refractivity (Wildman–Crippen MR) is 61.0 cm³/mol. The summed E-state index contributed by atoms with van der Waals surface area (Å²) in [5, 5.41) is 2.76. The van der Waals surface area contributed by atoms with Gasteiger partial charge in [0.2, 0.25) is 0 Å². The number of ether oxygens (including phenoxy) is 1. The normalized spacial score (nSPS) is 14.5. The van der Waals surface area contributed by atoms with Crippen molar-refractivity contribution >= 4 is 5.91 Å². The predicted octanol–water partition coefficient (Wildman–Crippen LogP) is 0.942. The van der Waals surface area contributed by atoms with Crippen molar-refractivity contribution in [3.63, 3.8) is 0 Å². The van der Waals surface area contributed by atoms with Crippen molar-refractivity contribution in [1.29, 1.82) is 0 Å². The Morgan fingerprint density at radius 3 is 2.88 bits per heavy atom. The van der Waals surface area contributed by atoms with Crippen molar-refractivity contribution in [1.82, 2.24) is 5.32 Å². The molecule has 1 amide bonds. The van der Waals surface area contributed by atoms with E-state index >= 15 is 0 Å². The van der Waals surface area contributed by atoms with E-state index in [-0.39, 0.29) is 30.9 Å². The smallest absolute Gasteiger partial charge is 0.258 e. The van der Waals surface area contributed by atoms with Crippen LogP contribution in [0.4, 0.5) is 4.39 Å². The van der Waals surface area contributed by atoms with Crippen LogP contribution >= 0.6 is 0 Å². The van der Waals surface area contributed by atoms with Gasteiger partial charge in [-0.05, 0) is 30.5 Å². The Bertz CT molecular complexity index is 419. The summed E-state index contributed by atoms with van der Waals surface area (Å²) in [4.78, 5) is 11.3. The summed E-state index contributed by atoms with van der Waals surface area (Å²) in [5.74, 6) is -0.630. The molecule has 92 valence electrons. The number of hydrogen-bond acceptors (Lipinski definition) is 3. The third kappa shape index (κ3) is 3.42. The number of carbonyl (C=O) groups is 1. The lowest BCUT2D eigenvalue weighted by atomic mass is 10.2. The van der Waals surface area contributed by atoms with Crippen molar-refractivity contribution in [2.75, 3.05) is 6.61 Å². The van der Waals surface area contributed by atoms with Gasteiger partial charge in [-0.1, -0.05) is 6.07 Å². The van der Waals surface area contributed by atoms with Crippen LogP contribution < -0.4 is 15.8 Å². The molecule has 1 aromatic rings. The molecule has 1 aliphatic carbocycles. The van der Waals surface area contributed by atoms with Crippen LogP contribution in [0.5, 0.6) is 5.75 Å². The van der Waals surface area contributed by atoms with Crippen LogP contribution in [-0.4, -0.2) is 18.6 Å². The highest BCUT2D eigenvalue weighted by molar-refractivity contribution is 5.78. The zero-order valence-corrected chi connectivity index (χ0v) is 9.41. The van der Waals surface area contributed by atoms with Crippen LogP contribution in [0.3, 0.4) is 0 Å². The highest BCUT2D eigenvalue weighted by Crippen LogP contribution is 2.19. The molecule has 3 N–H and O–H groups in total. The number of nitrogens with one attached hydrogen (secondary N) is 1. The van der Waals surface area contributed by atoms with Crippen LogP contribution in [0, 0.1) is 5.82 Å². The van der Waals surface area contributed by atoms with Gasteiger partial charge in [-0.3, -0.25) is 4.79 Å². The van der Waals surface area contributed by atoms with Crippen LogP contribution in [0.2, 0.25) is 0 Å². The standard InChI is InChI=1S/C12H15FN2O2/c13-10-5-8(6-14)1-4-11(10)17-7-12(16)15-9-2-3-9/h1,4-5,9H,2-3,6-7,14H2,(H,15,16). The molecule has 0 bridgehead atoms. The van der Waals surface area contributed by atoms with Gasteiger partial charge < -0.3 is 15.8 Å². The number of nitrogens with two attached hydrogens (primary N) is 1. The van der Waals surface area contributed by atoms with Crippen LogP contribution in [0.15, 0.2) is 18.2 Å². The minimum absolute atomic E-state index is 0.0770. The molecule has 1 aromatic carbocycles. The Morgan fingerprint density at radius 2 is 2.29 bits per heavy atom. The van der Waals surface area contributed by atoms with E-state index in [0.717, 1.165) is 12.8 Å². The minimum atomic E-state index is -0.493. The van der Waals surface area contributed by atoms with E-state index in [0.29, 0.717) is 5.56 Å². The zero-order chi connectivity index (χ0) is 12.3. The van der Waals surface area contributed by atoms with Crippen LogP contribution in [-0.2, 0) is 11.3 Å². The molecule has 5 heteroatoms. The molecule has 0 spiro atoms. The summed E-state index contributed by atoms with van der Waals surface area (Å²) < 4.78 is 18.5. The lowest BCUT2D eigenvalue weighted by Gasteiger charge is -2.08. The Kier molecular flexibility index (Phi) is 3.58. The van der Waals surface area contributed by atoms with Gasteiger partial charge in [-0.2, -0.15) is 0 Å². The summed E-state index contributed by atoms with van der Waals surface area (Å²) in [6.07, 6.45) is 2.04. The third-order valence-electron chi connectivity index (χ3n) is 2.53. The molecule has 0 aliphatic heterocycles. The van der Waals surface area contributed by atoms with E-state index < -0.39 is 5.82 Å². The van der Waals surface area contributed by atoms with Crippen LogP contribution in [0.1, 0.15) is 18.4 Å². The number of hydrogen-bond donors (Lipinski definition) is 2. The molecule has 0 aromatic heterocycles. The second-order valence-electron chi connectivity index (χ2n) is 4.10. The monoisotopic (exact) mass is 238 g/mol. The first-order valence-electron chi connectivity index (χ1n) is 5.59. The van der Waals surface area contributed by atoms with Crippen molar-refractivity contribution in [3.05, 3.63) is 29.6 Å². The van der Waals surface area contributed by atoms with Gasteiger partial charge in [-0.25, -0.2) is 4.39 Å². The van der Waals surface area contributed by atoms with Crippen molar-refractivity contribution in [2.45, 2.75) is 25.4 Å². The first kappa shape index (κ1) is 11.9. The van der Waals surface area contributed by atoms with Crippen LogP contribution in [0.25, 0.3) is 0 Å². The molecular weight excluding hydrogens is 223 g/mol. The number of carbonyl (C=O) groups excluding carboxylic acids is 1. The van der Waals surface area contributed by atoms with E-state index in [2.05, 4.69) is 5.32 Å². The largest absolute Gasteiger partial charge is 0.481 e. The highest BCUT2D eigenvalue weighted by Gasteiger charge is 2.23. The van der Waals surface area contributed by atoms with Gasteiger partial charge in [0.25, 0.3) is 5.91 Å². The molecular formula is C12H15FN2O2. The molecule has 4 nitrogen and oxygen atoms in total. The number of halogens is 1.